The fourth-order valence-electron chi connectivity index (χ4n) is 4.00. The number of fused-ring (bicyclic) bond motifs is 1. The van der Waals surface area contributed by atoms with E-state index in [1.807, 2.05) is 24.3 Å². The Balaban J connectivity index is 1.53. The van der Waals surface area contributed by atoms with Crippen LogP contribution in [0.4, 0.5) is 13.2 Å². The largest absolute Gasteiger partial charge is 0.417 e. The number of rotatable bonds is 6. The topological polar surface area (TPSA) is 68.1 Å². The molecule has 0 saturated heterocycles. The molecule has 2 aromatic heterocycles. The van der Waals surface area contributed by atoms with Gasteiger partial charge in [0.05, 0.1) is 11.6 Å². The van der Waals surface area contributed by atoms with Gasteiger partial charge in [-0.15, -0.1) is 0 Å². The predicted octanol–water partition coefficient (Wildman–Crippen LogP) is 6.55. The van der Waals surface area contributed by atoms with Crippen molar-refractivity contribution in [2.75, 3.05) is 0 Å². The van der Waals surface area contributed by atoms with E-state index in [2.05, 4.69) is 14.9 Å². The Labute approximate surface area is 181 Å². The molecule has 1 aliphatic carbocycles. The summed E-state index contributed by atoms with van der Waals surface area (Å²) in [5.74, 6) is -0.280. The van der Waals surface area contributed by atoms with Gasteiger partial charge in [-0.3, -0.25) is 5.11 Å². The minimum Gasteiger partial charge on any atom is -0.417 e. The molecule has 2 heterocycles. The lowest BCUT2D eigenvalue weighted by atomic mass is 9.96. The predicted molar refractivity (Wildman–Crippen MR) is 110 cm³/mol. The van der Waals surface area contributed by atoms with E-state index in [1.165, 1.54) is 0 Å². The Bertz CT molecular complexity index is 1300. The van der Waals surface area contributed by atoms with E-state index in [9.17, 15) is 18.3 Å². The molecule has 5 rings (SSSR count). The summed E-state index contributed by atoms with van der Waals surface area (Å²) in [6.45, 7) is -1.54. The first-order chi connectivity index (χ1) is 15.4. The highest BCUT2D eigenvalue weighted by atomic mass is 19.3. The van der Waals surface area contributed by atoms with E-state index in [4.69, 9.17) is 4.52 Å². The second kappa shape index (κ2) is 7.85. The van der Waals surface area contributed by atoms with E-state index in [0.29, 0.717) is 17.0 Å². The van der Waals surface area contributed by atoms with Gasteiger partial charge in [-0.25, -0.2) is 9.37 Å². The van der Waals surface area contributed by atoms with Crippen molar-refractivity contribution in [2.24, 2.45) is 0 Å². The molecule has 1 saturated carbocycles. The molecule has 5 nitrogen and oxygen atoms in total. The molecule has 1 aliphatic rings. The molecule has 0 aliphatic heterocycles. The van der Waals surface area contributed by atoms with E-state index in [-0.39, 0.29) is 23.2 Å². The number of pyridine rings is 1. The van der Waals surface area contributed by atoms with E-state index in [0.717, 1.165) is 47.4 Å². The van der Waals surface area contributed by atoms with Crippen molar-refractivity contribution < 1.29 is 27.5 Å². The second-order valence-corrected chi connectivity index (χ2v) is 7.92. The molecule has 0 amide bonds. The smallest absolute Gasteiger partial charge is 0.388 e. The number of aromatic nitrogens is 2. The number of benzene rings is 2. The van der Waals surface area contributed by atoms with Crippen molar-refractivity contribution in [2.45, 2.75) is 38.7 Å². The maximum absolute atomic E-state index is 14.2. The number of hydrogen-bond acceptors (Lipinski definition) is 4. The molecular formula is C24H18F3N2O3. The first kappa shape index (κ1) is 20.4. The second-order valence-electron chi connectivity index (χ2n) is 7.92. The van der Waals surface area contributed by atoms with Crippen LogP contribution in [0.1, 0.15) is 41.2 Å². The van der Waals surface area contributed by atoms with Crippen LogP contribution in [-0.4, -0.2) is 16.8 Å². The van der Waals surface area contributed by atoms with Crippen molar-refractivity contribution in [3.63, 3.8) is 0 Å². The normalized spacial score (nSPS) is 13.8. The lowest BCUT2D eigenvalue weighted by molar-refractivity contribution is -0.0532. The number of hydrogen-bond donors (Lipinski definition) is 0. The van der Waals surface area contributed by atoms with Crippen molar-refractivity contribution in [1.29, 1.82) is 0 Å². The molecule has 0 atom stereocenters. The summed E-state index contributed by atoms with van der Waals surface area (Å²) in [4.78, 5) is 3.93. The van der Waals surface area contributed by atoms with Crippen LogP contribution in [0.5, 0.6) is 11.6 Å². The van der Waals surface area contributed by atoms with Crippen molar-refractivity contribution in [3.8, 4) is 22.8 Å². The van der Waals surface area contributed by atoms with Gasteiger partial charge in [-0.2, -0.15) is 8.78 Å². The first-order valence-corrected chi connectivity index (χ1v) is 10.2. The van der Waals surface area contributed by atoms with Crippen molar-refractivity contribution in [1.82, 2.24) is 10.1 Å². The summed E-state index contributed by atoms with van der Waals surface area (Å²) in [5.41, 5.74) is 3.09. The highest BCUT2D eigenvalue weighted by Gasteiger charge is 2.30. The minimum atomic E-state index is -3.13. The maximum atomic E-state index is 14.2. The van der Waals surface area contributed by atoms with Crippen LogP contribution < -0.4 is 4.74 Å². The van der Waals surface area contributed by atoms with Crippen LogP contribution in [0.3, 0.4) is 0 Å². The fourth-order valence-corrected chi connectivity index (χ4v) is 4.00. The first-order valence-electron chi connectivity index (χ1n) is 10.2. The molecule has 8 heteroatoms. The molecule has 4 aromatic rings. The van der Waals surface area contributed by atoms with Crippen molar-refractivity contribution >= 4 is 10.9 Å². The number of aryl methyl sites for hydroxylation is 1. The molecule has 0 bridgehead atoms. The SMILES string of the molecule is Cc1c(Cc2ccc(-c3cnoc3C3CC3)cc2)c(OC(F)F)nc2c(F)ccc([O])c12. The quantitative estimate of drug-likeness (QED) is 0.342. The van der Waals surface area contributed by atoms with Gasteiger partial charge in [0.1, 0.15) is 17.1 Å². The van der Waals surface area contributed by atoms with Gasteiger partial charge in [0.15, 0.2) is 5.75 Å². The average molecular weight is 439 g/mol. The van der Waals surface area contributed by atoms with Crippen LogP contribution in [0.2, 0.25) is 0 Å². The Morgan fingerprint density at radius 3 is 2.59 bits per heavy atom. The van der Waals surface area contributed by atoms with E-state index >= 15 is 0 Å². The molecule has 0 spiro atoms. The highest BCUT2D eigenvalue weighted by molar-refractivity contribution is 5.90. The van der Waals surface area contributed by atoms with E-state index < -0.39 is 18.2 Å². The Morgan fingerprint density at radius 2 is 1.91 bits per heavy atom. The average Bonchev–Trinajstić information content (AvgIpc) is 3.50. The van der Waals surface area contributed by atoms with Crippen LogP contribution in [0.15, 0.2) is 47.1 Å². The van der Waals surface area contributed by atoms with Gasteiger partial charge in [0, 0.05) is 23.5 Å². The monoisotopic (exact) mass is 439 g/mol. The summed E-state index contributed by atoms with van der Waals surface area (Å²) in [7, 11) is 0. The van der Waals surface area contributed by atoms with Crippen LogP contribution in [0, 0.1) is 12.7 Å². The Hall–Kier alpha value is -3.55. The van der Waals surface area contributed by atoms with Gasteiger partial charge in [0.25, 0.3) is 0 Å². The van der Waals surface area contributed by atoms with Gasteiger partial charge in [0.2, 0.25) is 5.88 Å². The molecular weight excluding hydrogens is 421 g/mol. The highest BCUT2D eigenvalue weighted by Crippen LogP contribution is 2.44. The van der Waals surface area contributed by atoms with Crippen LogP contribution in [0.25, 0.3) is 22.0 Å². The third-order valence-electron chi connectivity index (χ3n) is 5.78. The number of ether oxygens (including phenoxy) is 1. The molecule has 32 heavy (non-hydrogen) atoms. The fraction of sp³-hybridized carbons (Fsp3) is 0.250. The standard InChI is InChI=1S/C24H18F3N2O3/c1-12-16(23(31-24(26)27)29-21-18(25)8-9-19(30)20(12)21)10-13-2-4-14(5-3-13)17-11-28-32-22(17)15-6-7-15/h2-5,8-9,11,15,24H,6-7,10H2,1H3. The van der Waals surface area contributed by atoms with Crippen LogP contribution in [-0.2, 0) is 11.5 Å². The third-order valence-corrected chi connectivity index (χ3v) is 5.78. The molecule has 0 unspecified atom stereocenters. The van der Waals surface area contributed by atoms with E-state index in [1.54, 1.807) is 13.1 Å². The number of halogens is 3. The zero-order chi connectivity index (χ0) is 22.4. The summed E-state index contributed by atoms with van der Waals surface area (Å²) in [6, 6.07) is 9.61. The van der Waals surface area contributed by atoms with Gasteiger partial charge in [-0.05, 0) is 48.6 Å². The maximum Gasteiger partial charge on any atom is 0.388 e. The van der Waals surface area contributed by atoms with Crippen LogP contribution >= 0.6 is 0 Å². The molecule has 163 valence electrons. The van der Waals surface area contributed by atoms with Gasteiger partial charge < -0.3 is 9.26 Å². The van der Waals surface area contributed by atoms with Gasteiger partial charge in [-0.1, -0.05) is 29.4 Å². The summed E-state index contributed by atoms with van der Waals surface area (Å²) in [5, 5.41) is 16.3. The lowest BCUT2D eigenvalue weighted by Gasteiger charge is -2.16. The number of alkyl halides is 2. The molecule has 2 aromatic carbocycles. The third kappa shape index (κ3) is 3.66. The summed E-state index contributed by atoms with van der Waals surface area (Å²) >= 11 is 0. The number of nitrogens with zero attached hydrogens (tertiary/aromatic N) is 2. The summed E-state index contributed by atoms with van der Waals surface area (Å²) < 4.78 is 50.3. The summed E-state index contributed by atoms with van der Waals surface area (Å²) in [6.07, 6.45) is 4.05. The lowest BCUT2D eigenvalue weighted by Crippen LogP contribution is -2.09. The Kier molecular flexibility index (Phi) is 5.00. The van der Waals surface area contributed by atoms with Crippen molar-refractivity contribution in [3.05, 3.63) is 70.9 Å². The zero-order valence-electron chi connectivity index (χ0n) is 17.1. The molecule has 1 fully saturated rings. The van der Waals surface area contributed by atoms with Gasteiger partial charge >= 0.3 is 6.61 Å². The zero-order valence-corrected chi connectivity index (χ0v) is 17.1. The molecule has 1 radical (unpaired) electrons. The minimum absolute atomic E-state index is 0.0665. The Morgan fingerprint density at radius 1 is 1.16 bits per heavy atom. The molecule has 0 N–H and O–H groups in total.